The van der Waals surface area contributed by atoms with Crippen molar-refractivity contribution in [3.05, 3.63) is 30.0 Å². The van der Waals surface area contributed by atoms with E-state index in [4.69, 9.17) is 4.74 Å². The van der Waals surface area contributed by atoms with Crippen LogP contribution in [0.15, 0.2) is 24.4 Å². The second kappa shape index (κ2) is 6.03. The summed E-state index contributed by atoms with van der Waals surface area (Å²) in [6, 6.07) is 6.00. The van der Waals surface area contributed by atoms with Crippen LogP contribution < -0.4 is 4.74 Å². The van der Waals surface area contributed by atoms with E-state index < -0.39 is 0 Å². The van der Waals surface area contributed by atoms with E-state index >= 15 is 0 Å². The van der Waals surface area contributed by atoms with E-state index in [9.17, 15) is 0 Å². The third-order valence-corrected chi connectivity index (χ3v) is 2.18. The van der Waals surface area contributed by atoms with Gasteiger partial charge in [-0.15, -0.1) is 5.10 Å². The number of hydrogen-bond donors (Lipinski definition) is 0. The van der Waals surface area contributed by atoms with Crippen LogP contribution in [0.25, 0.3) is 11.3 Å². The lowest BCUT2D eigenvalue weighted by Crippen LogP contribution is -1.86. The summed E-state index contributed by atoms with van der Waals surface area (Å²) in [5.74, 6) is 0.843. The molecule has 0 radical (unpaired) electrons. The lowest BCUT2D eigenvalue weighted by atomic mass is 10.1. The molecule has 4 heteroatoms. The van der Waals surface area contributed by atoms with Gasteiger partial charge in [0.05, 0.1) is 13.3 Å². The summed E-state index contributed by atoms with van der Waals surface area (Å²) in [6.45, 7) is 6.03. The minimum Gasteiger partial charge on any atom is -0.497 e. The predicted molar refractivity (Wildman–Crippen MR) is 69.1 cm³/mol. The Morgan fingerprint density at radius 1 is 1.18 bits per heavy atom. The lowest BCUT2D eigenvalue weighted by Gasteiger charge is -2.03. The molecule has 17 heavy (non-hydrogen) atoms. The Bertz CT molecular complexity index is 477. The van der Waals surface area contributed by atoms with Gasteiger partial charge in [-0.3, -0.25) is 4.68 Å². The molecule has 0 aliphatic rings. The van der Waals surface area contributed by atoms with Gasteiger partial charge >= 0.3 is 0 Å². The zero-order chi connectivity index (χ0) is 12.8. The largest absolute Gasteiger partial charge is 0.497 e. The number of methoxy groups -OCH3 is 1. The number of hydrogen-bond acceptors (Lipinski definition) is 3. The molecule has 0 amide bonds. The van der Waals surface area contributed by atoms with E-state index in [-0.39, 0.29) is 0 Å². The molecule has 1 heterocycles. The fourth-order valence-corrected chi connectivity index (χ4v) is 1.49. The van der Waals surface area contributed by atoms with Crippen molar-refractivity contribution in [3.63, 3.8) is 0 Å². The average molecular weight is 233 g/mol. The van der Waals surface area contributed by atoms with Crippen molar-refractivity contribution in [1.29, 1.82) is 0 Å². The summed E-state index contributed by atoms with van der Waals surface area (Å²) < 4.78 is 6.89. The van der Waals surface area contributed by atoms with Crippen molar-refractivity contribution < 1.29 is 4.74 Å². The van der Waals surface area contributed by atoms with Crippen molar-refractivity contribution in [3.8, 4) is 17.0 Å². The zero-order valence-corrected chi connectivity index (χ0v) is 11.1. The molecule has 0 saturated heterocycles. The van der Waals surface area contributed by atoms with Gasteiger partial charge in [0.2, 0.25) is 0 Å². The number of benzene rings is 1. The summed E-state index contributed by atoms with van der Waals surface area (Å²) in [7, 11) is 3.51. The molecule has 1 aromatic carbocycles. The first kappa shape index (κ1) is 13.2. The van der Waals surface area contributed by atoms with Crippen LogP contribution in [-0.4, -0.2) is 22.1 Å². The molecular weight excluding hydrogens is 214 g/mol. The molecule has 0 bridgehead atoms. The number of nitrogens with zero attached hydrogens (tertiary/aromatic N) is 3. The van der Waals surface area contributed by atoms with Crippen molar-refractivity contribution in [2.24, 2.45) is 7.05 Å². The maximum absolute atomic E-state index is 5.21. The summed E-state index contributed by atoms with van der Waals surface area (Å²) in [5, 5.41) is 7.96. The fraction of sp³-hybridized carbons (Fsp3) is 0.385. The first-order chi connectivity index (χ1) is 8.19. The van der Waals surface area contributed by atoms with Gasteiger partial charge in [-0.25, -0.2) is 0 Å². The number of aryl methyl sites for hydroxylation is 2. The maximum atomic E-state index is 5.21. The second-order valence-electron chi connectivity index (χ2n) is 3.52. The molecule has 0 N–H and O–H groups in total. The highest BCUT2D eigenvalue weighted by molar-refractivity contribution is 5.61. The van der Waals surface area contributed by atoms with Gasteiger partial charge in [-0.05, 0) is 30.7 Å². The normalized spacial score (nSPS) is 9.47. The molecule has 0 aliphatic carbocycles. The van der Waals surface area contributed by atoms with Crippen molar-refractivity contribution >= 4 is 0 Å². The predicted octanol–water partition coefficient (Wildman–Crippen LogP) is 2.83. The highest BCUT2D eigenvalue weighted by Crippen LogP contribution is 2.23. The Kier molecular flexibility index (Phi) is 4.69. The van der Waals surface area contributed by atoms with E-state index in [1.165, 1.54) is 0 Å². The average Bonchev–Trinajstić information content (AvgIpc) is 2.78. The van der Waals surface area contributed by atoms with Crippen LogP contribution in [0, 0.1) is 6.92 Å². The van der Waals surface area contributed by atoms with Gasteiger partial charge in [0, 0.05) is 12.6 Å². The molecule has 0 saturated carbocycles. The lowest BCUT2D eigenvalue weighted by molar-refractivity contribution is 0.414. The third kappa shape index (κ3) is 3.31. The van der Waals surface area contributed by atoms with Crippen LogP contribution in [0.3, 0.4) is 0 Å². The van der Waals surface area contributed by atoms with Crippen molar-refractivity contribution in [1.82, 2.24) is 15.0 Å². The molecule has 0 aliphatic heterocycles. The standard InChI is InChI=1S/C11H13N3O.C2H6/c1-8-4-9(6-10(5-8)15-3)11-7-14(2)13-12-11;1-2/h4-7H,1-3H3;1-2H3. The van der Waals surface area contributed by atoms with Crippen LogP contribution in [0.4, 0.5) is 0 Å². The van der Waals surface area contributed by atoms with Gasteiger partial charge in [-0.2, -0.15) is 0 Å². The highest BCUT2D eigenvalue weighted by Gasteiger charge is 2.04. The van der Waals surface area contributed by atoms with Crippen molar-refractivity contribution in [2.45, 2.75) is 20.8 Å². The Morgan fingerprint density at radius 3 is 2.41 bits per heavy atom. The van der Waals surface area contributed by atoms with Crippen LogP contribution in [0.2, 0.25) is 0 Å². The van der Waals surface area contributed by atoms with Crippen molar-refractivity contribution in [2.75, 3.05) is 7.11 Å². The van der Waals surface area contributed by atoms with Crippen LogP contribution in [0.1, 0.15) is 19.4 Å². The molecular formula is C13H19N3O. The second-order valence-corrected chi connectivity index (χ2v) is 3.52. The van der Waals surface area contributed by atoms with Crippen LogP contribution in [0.5, 0.6) is 5.75 Å². The van der Waals surface area contributed by atoms with Gasteiger partial charge in [-0.1, -0.05) is 19.1 Å². The van der Waals surface area contributed by atoms with E-state index in [1.807, 2.05) is 46.1 Å². The SMILES string of the molecule is CC.COc1cc(C)cc(-c2cn(C)nn2)c1. The minimum absolute atomic E-state index is 0.843. The first-order valence-electron chi connectivity index (χ1n) is 5.71. The maximum Gasteiger partial charge on any atom is 0.119 e. The van der Waals surface area contributed by atoms with Crippen LogP contribution in [-0.2, 0) is 7.05 Å². The van der Waals surface area contributed by atoms with E-state index in [0.717, 1.165) is 22.6 Å². The van der Waals surface area contributed by atoms with Gasteiger partial charge in [0.15, 0.2) is 0 Å². The fourth-order valence-electron chi connectivity index (χ4n) is 1.49. The minimum atomic E-state index is 0.843. The quantitative estimate of drug-likeness (QED) is 0.800. The Hall–Kier alpha value is -1.84. The van der Waals surface area contributed by atoms with Gasteiger partial charge in [0.25, 0.3) is 0 Å². The van der Waals surface area contributed by atoms with E-state index in [2.05, 4.69) is 16.4 Å². The molecule has 0 atom stereocenters. The summed E-state index contributed by atoms with van der Waals surface area (Å²) in [5.41, 5.74) is 3.04. The summed E-state index contributed by atoms with van der Waals surface area (Å²) >= 11 is 0. The smallest absolute Gasteiger partial charge is 0.119 e. The molecule has 4 nitrogen and oxygen atoms in total. The van der Waals surface area contributed by atoms with Gasteiger partial charge < -0.3 is 4.74 Å². The topological polar surface area (TPSA) is 39.9 Å². The summed E-state index contributed by atoms with van der Waals surface area (Å²) in [4.78, 5) is 0. The molecule has 0 fully saturated rings. The molecule has 0 spiro atoms. The summed E-state index contributed by atoms with van der Waals surface area (Å²) in [6.07, 6.45) is 1.88. The molecule has 0 unspecified atom stereocenters. The molecule has 1 aromatic heterocycles. The van der Waals surface area contributed by atoms with Crippen LogP contribution >= 0.6 is 0 Å². The first-order valence-corrected chi connectivity index (χ1v) is 5.71. The van der Waals surface area contributed by atoms with Gasteiger partial charge in [0.1, 0.15) is 11.4 Å². The Morgan fingerprint density at radius 2 is 1.88 bits per heavy atom. The Balaban J connectivity index is 0.000000686. The highest BCUT2D eigenvalue weighted by atomic mass is 16.5. The number of rotatable bonds is 2. The van der Waals surface area contributed by atoms with E-state index in [1.54, 1.807) is 11.8 Å². The zero-order valence-electron chi connectivity index (χ0n) is 11.1. The molecule has 2 rings (SSSR count). The Labute approximate surface area is 102 Å². The monoisotopic (exact) mass is 233 g/mol. The number of ether oxygens (including phenoxy) is 1. The third-order valence-electron chi connectivity index (χ3n) is 2.18. The molecule has 92 valence electrons. The molecule has 2 aromatic rings. The van der Waals surface area contributed by atoms with E-state index in [0.29, 0.717) is 0 Å². The number of aromatic nitrogens is 3.